The fourth-order valence-electron chi connectivity index (χ4n) is 4.56. The number of methoxy groups -OCH3 is 1. The molecule has 0 saturated carbocycles. The number of carbonyl (C=O) groups is 1. The van der Waals surface area contributed by atoms with Crippen molar-refractivity contribution in [3.8, 4) is 33.9 Å². The van der Waals surface area contributed by atoms with Gasteiger partial charge in [0.2, 0.25) is 0 Å². The van der Waals surface area contributed by atoms with Crippen molar-refractivity contribution in [1.82, 2.24) is 4.57 Å². The Kier molecular flexibility index (Phi) is 5.48. The molecule has 31 heavy (non-hydrogen) atoms. The first-order chi connectivity index (χ1) is 14.8. The second-order valence-corrected chi connectivity index (χ2v) is 8.32. The molecule has 0 atom stereocenters. The average molecular weight is 440 g/mol. The maximum atomic E-state index is 13.2. The van der Waals surface area contributed by atoms with Gasteiger partial charge in [-0.1, -0.05) is 11.6 Å². The Balaban J connectivity index is 2.06. The molecule has 0 fully saturated rings. The summed E-state index contributed by atoms with van der Waals surface area (Å²) in [7, 11) is 1.60. The summed E-state index contributed by atoms with van der Waals surface area (Å²) in [6, 6.07) is 7.66. The van der Waals surface area contributed by atoms with Gasteiger partial charge in [0.1, 0.15) is 11.5 Å². The van der Waals surface area contributed by atoms with Crippen molar-refractivity contribution in [3.05, 3.63) is 57.2 Å². The summed E-state index contributed by atoms with van der Waals surface area (Å²) in [6.07, 6.45) is 0.806. The van der Waals surface area contributed by atoms with Crippen LogP contribution in [0.15, 0.2) is 24.3 Å². The van der Waals surface area contributed by atoms with E-state index in [1.807, 2.05) is 45.0 Å². The normalized spacial score (nSPS) is 12.3. The Morgan fingerprint density at radius 1 is 1.16 bits per heavy atom. The van der Waals surface area contributed by atoms with E-state index in [4.69, 9.17) is 21.1 Å². The number of rotatable bonds is 4. The molecule has 0 radical (unpaired) electrons. The second kappa shape index (κ2) is 7.97. The van der Waals surface area contributed by atoms with Gasteiger partial charge >= 0.3 is 5.97 Å². The number of halogens is 1. The molecule has 0 aliphatic carbocycles. The third kappa shape index (κ3) is 3.37. The molecule has 3 aromatic rings. The number of benzene rings is 2. The minimum Gasteiger partial charge on any atom is -0.507 e. The number of aromatic hydroxyl groups is 1. The molecule has 1 aromatic heterocycles. The molecule has 2 aromatic carbocycles. The van der Waals surface area contributed by atoms with Crippen molar-refractivity contribution in [3.63, 3.8) is 0 Å². The van der Waals surface area contributed by atoms with Gasteiger partial charge < -0.3 is 19.1 Å². The summed E-state index contributed by atoms with van der Waals surface area (Å²) < 4.78 is 13.1. The molecular formula is C25H26ClNO4. The number of hydrogen-bond donors (Lipinski definition) is 1. The van der Waals surface area contributed by atoms with Crippen LogP contribution in [0.5, 0.6) is 11.5 Å². The molecule has 5 nitrogen and oxygen atoms in total. The lowest BCUT2D eigenvalue weighted by Gasteiger charge is -2.22. The van der Waals surface area contributed by atoms with Gasteiger partial charge in [-0.05, 0) is 80.6 Å². The second-order valence-electron chi connectivity index (χ2n) is 7.91. The van der Waals surface area contributed by atoms with Crippen molar-refractivity contribution in [1.29, 1.82) is 0 Å². The predicted octanol–water partition coefficient (Wildman–Crippen LogP) is 5.85. The number of hydrogen-bond acceptors (Lipinski definition) is 4. The predicted molar refractivity (Wildman–Crippen MR) is 122 cm³/mol. The zero-order chi connectivity index (χ0) is 22.4. The molecule has 6 heteroatoms. The van der Waals surface area contributed by atoms with Crippen molar-refractivity contribution in [2.45, 2.75) is 40.7 Å². The molecule has 0 amide bonds. The number of nitrogens with zero attached hydrogens (tertiary/aromatic N) is 1. The van der Waals surface area contributed by atoms with Crippen LogP contribution in [0.2, 0.25) is 5.02 Å². The highest BCUT2D eigenvalue weighted by atomic mass is 35.5. The minimum atomic E-state index is -0.363. The smallest absolute Gasteiger partial charge is 0.340 e. The van der Waals surface area contributed by atoms with Crippen molar-refractivity contribution >= 4 is 17.6 Å². The van der Waals surface area contributed by atoms with Gasteiger partial charge in [-0.3, -0.25) is 0 Å². The van der Waals surface area contributed by atoms with E-state index >= 15 is 0 Å². The van der Waals surface area contributed by atoms with Crippen LogP contribution < -0.4 is 4.74 Å². The van der Waals surface area contributed by atoms with E-state index in [9.17, 15) is 9.90 Å². The van der Waals surface area contributed by atoms with Crippen molar-refractivity contribution in [2.24, 2.45) is 0 Å². The van der Waals surface area contributed by atoms with Gasteiger partial charge in [0.15, 0.2) is 0 Å². The van der Waals surface area contributed by atoms with Gasteiger partial charge in [0.05, 0.1) is 30.0 Å². The van der Waals surface area contributed by atoms with Crippen LogP contribution in [0.1, 0.15) is 39.7 Å². The van der Waals surface area contributed by atoms with Crippen molar-refractivity contribution < 1.29 is 19.4 Å². The van der Waals surface area contributed by atoms with Crippen molar-refractivity contribution in [2.75, 3.05) is 13.7 Å². The Hall–Kier alpha value is -2.92. The maximum absolute atomic E-state index is 13.2. The van der Waals surface area contributed by atoms with Gasteiger partial charge in [-0.2, -0.15) is 0 Å². The van der Waals surface area contributed by atoms with Crippen LogP contribution in [0, 0.1) is 20.8 Å². The highest BCUT2D eigenvalue weighted by molar-refractivity contribution is 6.32. The Morgan fingerprint density at radius 2 is 1.84 bits per heavy atom. The van der Waals surface area contributed by atoms with E-state index in [1.54, 1.807) is 14.0 Å². The van der Waals surface area contributed by atoms with Crippen LogP contribution in [0.25, 0.3) is 22.4 Å². The summed E-state index contributed by atoms with van der Waals surface area (Å²) >= 11 is 6.47. The first-order valence-corrected chi connectivity index (χ1v) is 10.7. The number of aromatic nitrogens is 1. The van der Waals surface area contributed by atoms with Crippen LogP contribution in [0.3, 0.4) is 0 Å². The van der Waals surface area contributed by atoms with E-state index in [0.717, 1.165) is 57.7 Å². The Morgan fingerprint density at radius 3 is 2.45 bits per heavy atom. The molecule has 0 unspecified atom stereocenters. The Bertz CT molecular complexity index is 1190. The topological polar surface area (TPSA) is 60.7 Å². The molecule has 0 spiro atoms. The molecule has 2 heterocycles. The summed E-state index contributed by atoms with van der Waals surface area (Å²) in [5.74, 6) is 0.532. The van der Waals surface area contributed by atoms with Crippen LogP contribution in [-0.2, 0) is 17.7 Å². The van der Waals surface area contributed by atoms with Gasteiger partial charge in [-0.15, -0.1) is 0 Å². The van der Waals surface area contributed by atoms with Gasteiger partial charge in [0.25, 0.3) is 0 Å². The van der Waals surface area contributed by atoms with Crippen LogP contribution >= 0.6 is 11.6 Å². The number of aryl methyl sites for hydroxylation is 3. The van der Waals surface area contributed by atoms with E-state index < -0.39 is 0 Å². The number of phenols is 1. The standard InChI is InChI=1S/C25H26ClNO4/c1-6-31-25(29)22-21(17-9-13(2)24(28)14(3)10-17)15(4)27-8-7-16-11-20(30-5)19(26)12-18(16)23(22)27/h9-12,28H,6-8H2,1-5H3. The lowest BCUT2D eigenvalue weighted by molar-refractivity contribution is 0.0528. The SMILES string of the molecule is CCOC(=O)c1c(-c2cc(C)c(O)c(C)c2)c(C)n2c1-c1cc(Cl)c(OC)cc1CC2. The molecule has 1 aliphatic rings. The molecule has 0 bridgehead atoms. The molecule has 162 valence electrons. The largest absolute Gasteiger partial charge is 0.507 e. The zero-order valence-electron chi connectivity index (χ0n) is 18.4. The first kappa shape index (κ1) is 21.3. The summed E-state index contributed by atoms with van der Waals surface area (Å²) in [5, 5.41) is 10.8. The monoisotopic (exact) mass is 439 g/mol. The summed E-state index contributed by atoms with van der Waals surface area (Å²) in [5.41, 5.74) is 7.59. The summed E-state index contributed by atoms with van der Waals surface area (Å²) in [6.45, 7) is 8.57. The van der Waals surface area contributed by atoms with E-state index in [2.05, 4.69) is 4.57 Å². The van der Waals surface area contributed by atoms with Gasteiger partial charge in [-0.25, -0.2) is 4.79 Å². The molecule has 1 N–H and O–H groups in total. The van der Waals surface area contributed by atoms with Crippen LogP contribution in [-0.4, -0.2) is 29.4 Å². The summed E-state index contributed by atoms with van der Waals surface area (Å²) in [4.78, 5) is 13.2. The minimum absolute atomic E-state index is 0.271. The lowest BCUT2D eigenvalue weighted by atomic mass is 9.92. The zero-order valence-corrected chi connectivity index (χ0v) is 19.2. The highest BCUT2D eigenvalue weighted by Gasteiger charge is 2.32. The third-order valence-corrected chi connectivity index (χ3v) is 6.32. The Labute approximate surface area is 187 Å². The van der Waals surface area contributed by atoms with E-state index in [-0.39, 0.29) is 18.3 Å². The van der Waals surface area contributed by atoms with Gasteiger partial charge in [0, 0.05) is 23.4 Å². The molecule has 1 aliphatic heterocycles. The van der Waals surface area contributed by atoms with Crippen LogP contribution in [0.4, 0.5) is 0 Å². The highest BCUT2D eigenvalue weighted by Crippen LogP contribution is 2.45. The van der Waals surface area contributed by atoms with E-state index in [1.165, 1.54) is 0 Å². The van der Waals surface area contributed by atoms with E-state index in [0.29, 0.717) is 16.3 Å². The number of esters is 1. The number of ether oxygens (including phenoxy) is 2. The maximum Gasteiger partial charge on any atom is 0.340 e. The number of phenolic OH excluding ortho intramolecular Hbond substituents is 1. The number of fused-ring (bicyclic) bond motifs is 3. The third-order valence-electron chi connectivity index (χ3n) is 6.02. The molecular weight excluding hydrogens is 414 g/mol. The lowest BCUT2D eigenvalue weighted by Crippen LogP contribution is -2.14. The fourth-order valence-corrected chi connectivity index (χ4v) is 4.80. The fraction of sp³-hybridized carbons (Fsp3) is 0.320. The number of carbonyl (C=O) groups excluding carboxylic acids is 1. The quantitative estimate of drug-likeness (QED) is 0.518. The average Bonchev–Trinajstić information content (AvgIpc) is 3.04. The first-order valence-electron chi connectivity index (χ1n) is 10.4. The molecule has 0 saturated heterocycles. The molecule has 4 rings (SSSR count).